The molecule has 0 aliphatic heterocycles. The number of nitrogens with one attached hydrogen (secondary N) is 1. The van der Waals surface area contributed by atoms with Crippen molar-refractivity contribution in [2.75, 3.05) is 18.5 Å². The SMILES string of the molecule is C/C=C/[C@H](CCC(N)=O)N(C(=O)CN(C)C(=O)[C@H](CC(C)C)NC(=O)c1cc(C)on1)c1ccccc1C. The number of primary amides is 1. The number of amides is 4. The predicted molar refractivity (Wildman–Crippen MR) is 145 cm³/mol. The van der Waals surface area contributed by atoms with Gasteiger partial charge in [0.05, 0.1) is 12.6 Å². The van der Waals surface area contributed by atoms with Crippen molar-refractivity contribution >= 4 is 29.3 Å². The number of hydrogen-bond donors (Lipinski definition) is 2. The summed E-state index contributed by atoms with van der Waals surface area (Å²) in [6, 6.07) is 7.63. The number of para-hydroxylation sites is 1. The van der Waals surface area contributed by atoms with E-state index in [1.54, 1.807) is 11.8 Å². The van der Waals surface area contributed by atoms with Gasteiger partial charge in [0.2, 0.25) is 17.7 Å². The smallest absolute Gasteiger partial charge is 0.274 e. The highest BCUT2D eigenvalue weighted by molar-refractivity contribution is 6.00. The lowest BCUT2D eigenvalue weighted by molar-refractivity contribution is -0.135. The maximum Gasteiger partial charge on any atom is 0.274 e. The van der Waals surface area contributed by atoms with E-state index in [1.165, 1.54) is 18.0 Å². The fourth-order valence-corrected chi connectivity index (χ4v) is 4.18. The van der Waals surface area contributed by atoms with E-state index in [0.717, 1.165) is 5.56 Å². The number of nitrogens with two attached hydrogens (primary N) is 1. The Morgan fingerprint density at radius 1 is 1.16 bits per heavy atom. The molecule has 2 rings (SSSR count). The molecule has 10 heteroatoms. The van der Waals surface area contributed by atoms with E-state index in [-0.39, 0.29) is 30.5 Å². The zero-order chi connectivity index (χ0) is 28.4. The molecule has 38 heavy (non-hydrogen) atoms. The predicted octanol–water partition coefficient (Wildman–Crippen LogP) is 3.14. The van der Waals surface area contributed by atoms with Crippen molar-refractivity contribution in [2.45, 2.75) is 66.0 Å². The molecule has 2 atom stereocenters. The van der Waals surface area contributed by atoms with Gasteiger partial charge in [0.1, 0.15) is 11.8 Å². The molecular formula is C28H39N5O5. The first-order valence-electron chi connectivity index (χ1n) is 12.7. The van der Waals surface area contributed by atoms with Crippen molar-refractivity contribution in [2.24, 2.45) is 11.7 Å². The van der Waals surface area contributed by atoms with Crippen LogP contribution < -0.4 is 16.0 Å². The minimum atomic E-state index is -0.856. The Hall–Kier alpha value is -3.95. The quantitative estimate of drug-likeness (QED) is 0.385. The number of carbonyl (C=O) groups excluding carboxylic acids is 4. The van der Waals surface area contributed by atoms with Crippen LogP contribution in [0, 0.1) is 19.8 Å². The first-order chi connectivity index (χ1) is 17.9. The Balaban J connectivity index is 2.30. The standard InChI is InChI=1S/C28H39N5O5/c1-7-10-21(13-14-25(29)34)33(24-12-9-8-11-19(24)4)26(35)17-32(6)28(37)23(15-18(2)3)30-27(36)22-16-20(5)38-31-22/h7-12,16,18,21,23H,13-15,17H2,1-6H3,(H2,29,34)(H,30,36)/b10-7+/t21-,23+/m1/s1. The molecule has 2 aromatic rings. The van der Waals surface area contributed by atoms with Gasteiger partial charge in [-0.15, -0.1) is 0 Å². The van der Waals surface area contributed by atoms with Crippen LogP contribution in [0.3, 0.4) is 0 Å². The molecule has 1 heterocycles. The zero-order valence-electron chi connectivity index (χ0n) is 23.1. The average Bonchev–Trinajstić information content (AvgIpc) is 3.29. The molecule has 1 aromatic heterocycles. The van der Waals surface area contributed by atoms with Crippen molar-refractivity contribution < 1.29 is 23.7 Å². The van der Waals surface area contributed by atoms with Crippen molar-refractivity contribution in [1.29, 1.82) is 0 Å². The monoisotopic (exact) mass is 525 g/mol. The fourth-order valence-electron chi connectivity index (χ4n) is 4.18. The Morgan fingerprint density at radius 2 is 1.84 bits per heavy atom. The molecular weight excluding hydrogens is 486 g/mol. The van der Waals surface area contributed by atoms with Crippen molar-refractivity contribution in [3.8, 4) is 0 Å². The summed E-state index contributed by atoms with van der Waals surface area (Å²) in [5, 5.41) is 6.46. The van der Waals surface area contributed by atoms with Gasteiger partial charge in [0.25, 0.3) is 5.91 Å². The normalized spacial score (nSPS) is 12.8. The van der Waals surface area contributed by atoms with E-state index in [2.05, 4.69) is 10.5 Å². The Labute approximate surface area is 224 Å². The molecule has 0 spiro atoms. The third-order valence-corrected chi connectivity index (χ3v) is 6.00. The first-order valence-corrected chi connectivity index (χ1v) is 12.7. The summed E-state index contributed by atoms with van der Waals surface area (Å²) < 4.78 is 4.97. The highest BCUT2D eigenvalue weighted by Gasteiger charge is 2.31. The molecule has 0 aliphatic carbocycles. The minimum Gasteiger partial charge on any atom is -0.370 e. The van der Waals surface area contributed by atoms with Crippen LogP contribution in [0.4, 0.5) is 5.69 Å². The van der Waals surface area contributed by atoms with Gasteiger partial charge < -0.3 is 25.4 Å². The largest absolute Gasteiger partial charge is 0.370 e. The number of anilines is 1. The van der Waals surface area contributed by atoms with Crippen LogP contribution in [0.15, 0.2) is 47.0 Å². The van der Waals surface area contributed by atoms with Crippen molar-refractivity contribution in [3.63, 3.8) is 0 Å². The minimum absolute atomic E-state index is 0.0807. The third kappa shape index (κ3) is 8.57. The van der Waals surface area contributed by atoms with Crippen molar-refractivity contribution in [3.05, 3.63) is 59.5 Å². The number of aryl methyl sites for hydroxylation is 2. The molecule has 0 saturated heterocycles. The summed E-state index contributed by atoms with van der Waals surface area (Å²) in [6.07, 6.45) is 4.47. The van der Waals surface area contributed by atoms with Gasteiger partial charge in [-0.25, -0.2) is 0 Å². The highest BCUT2D eigenvalue weighted by atomic mass is 16.5. The van der Waals surface area contributed by atoms with Crippen LogP contribution in [-0.4, -0.2) is 59.4 Å². The molecule has 3 N–H and O–H groups in total. The number of hydrogen-bond acceptors (Lipinski definition) is 6. The van der Waals surface area contributed by atoms with Crippen LogP contribution in [0.2, 0.25) is 0 Å². The van der Waals surface area contributed by atoms with Crippen molar-refractivity contribution in [1.82, 2.24) is 15.4 Å². The molecule has 0 bridgehead atoms. The molecule has 0 aliphatic rings. The summed E-state index contributed by atoms with van der Waals surface area (Å²) in [6.45, 7) is 9.06. The Bertz CT molecular complexity index is 1160. The fraction of sp³-hybridized carbons (Fsp3) is 0.464. The lowest BCUT2D eigenvalue weighted by atomic mass is 10.0. The van der Waals surface area contributed by atoms with Crippen LogP contribution in [0.25, 0.3) is 0 Å². The maximum absolute atomic E-state index is 13.7. The van der Waals surface area contributed by atoms with Crippen LogP contribution in [0.5, 0.6) is 0 Å². The number of likely N-dealkylation sites (N-methyl/N-ethyl adjacent to an activating group) is 1. The molecule has 0 unspecified atom stereocenters. The lowest BCUT2D eigenvalue weighted by Crippen LogP contribution is -2.52. The van der Waals surface area contributed by atoms with Gasteiger partial charge in [-0.2, -0.15) is 0 Å². The number of aromatic nitrogens is 1. The lowest BCUT2D eigenvalue weighted by Gasteiger charge is -2.33. The van der Waals surface area contributed by atoms with E-state index < -0.39 is 29.8 Å². The van der Waals surface area contributed by atoms with E-state index in [9.17, 15) is 19.2 Å². The highest BCUT2D eigenvalue weighted by Crippen LogP contribution is 2.25. The average molecular weight is 526 g/mol. The topological polar surface area (TPSA) is 139 Å². The van der Waals surface area contributed by atoms with Gasteiger partial charge >= 0.3 is 0 Å². The number of rotatable bonds is 13. The van der Waals surface area contributed by atoms with E-state index in [0.29, 0.717) is 24.3 Å². The first kappa shape index (κ1) is 30.3. The second-order valence-electron chi connectivity index (χ2n) is 9.82. The summed E-state index contributed by atoms with van der Waals surface area (Å²) in [7, 11) is 1.53. The van der Waals surface area contributed by atoms with E-state index in [1.807, 2.05) is 64.1 Å². The van der Waals surface area contributed by atoms with Crippen LogP contribution in [0.1, 0.15) is 61.8 Å². The van der Waals surface area contributed by atoms with E-state index >= 15 is 0 Å². The summed E-state index contributed by atoms with van der Waals surface area (Å²) in [4.78, 5) is 54.3. The second-order valence-corrected chi connectivity index (χ2v) is 9.82. The number of allylic oxidation sites excluding steroid dienone is 1. The molecule has 1 aromatic carbocycles. The van der Waals surface area contributed by atoms with Gasteiger partial charge in [0, 0.05) is 25.2 Å². The number of nitrogens with zero attached hydrogens (tertiary/aromatic N) is 3. The molecule has 0 radical (unpaired) electrons. The maximum atomic E-state index is 13.7. The van der Waals surface area contributed by atoms with Crippen LogP contribution in [-0.2, 0) is 14.4 Å². The summed E-state index contributed by atoms with van der Waals surface area (Å²) in [5.41, 5.74) is 7.03. The Kier molecular flexibility index (Phi) is 11.2. The Morgan fingerprint density at radius 3 is 2.39 bits per heavy atom. The summed E-state index contributed by atoms with van der Waals surface area (Å²) in [5.74, 6) is -1.13. The third-order valence-electron chi connectivity index (χ3n) is 6.00. The molecule has 0 saturated carbocycles. The molecule has 206 valence electrons. The molecule has 10 nitrogen and oxygen atoms in total. The number of benzene rings is 1. The van der Waals surface area contributed by atoms with Gasteiger partial charge in [0.15, 0.2) is 5.69 Å². The van der Waals surface area contributed by atoms with E-state index in [4.69, 9.17) is 10.3 Å². The summed E-state index contributed by atoms with van der Waals surface area (Å²) >= 11 is 0. The molecule has 0 fully saturated rings. The van der Waals surface area contributed by atoms with Crippen LogP contribution >= 0.6 is 0 Å². The number of carbonyl (C=O) groups is 4. The van der Waals surface area contributed by atoms with Gasteiger partial charge in [-0.05, 0) is 51.2 Å². The van der Waals surface area contributed by atoms with Gasteiger partial charge in [-0.3, -0.25) is 19.2 Å². The second kappa shape index (κ2) is 14.1. The van der Waals surface area contributed by atoms with Gasteiger partial charge in [-0.1, -0.05) is 49.4 Å². The zero-order valence-corrected chi connectivity index (χ0v) is 23.1. The molecule has 4 amide bonds.